The molecule has 0 spiro atoms. The second-order valence-corrected chi connectivity index (χ2v) is 6.80. The Balaban J connectivity index is 0.000000294. The van der Waals surface area contributed by atoms with E-state index in [4.69, 9.17) is 20.8 Å². The highest BCUT2D eigenvalue weighted by Crippen LogP contribution is 2.25. The van der Waals surface area contributed by atoms with E-state index in [1.807, 2.05) is 0 Å². The number of nitrogens with two attached hydrogens (primary N) is 2. The van der Waals surface area contributed by atoms with Gasteiger partial charge in [-0.2, -0.15) is 8.42 Å². The molecule has 0 bridgehead atoms. The Labute approximate surface area is 152 Å². The van der Waals surface area contributed by atoms with Gasteiger partial charge in [-0.05, 0) is 26.3 Å². The topological polar surface area (TPSA) is 162 Å². The summed E-state index contributed by atoms with van der Waals surface area (Å²) in [6.07, 6.45) is 2.16. The number of hydrogen-bond donors (Lipinski definition) is 4. The molecule has 1 aliphatic rings. The number of benzene rings is 1. The zero-order valence-electron chi connectivity index (χ0n) is 14.3. The Morgan fingerprint density at radius 2 is 1.88 bits per heavy atom. The largest absolute Gasteiger partial charge is 0.480 e. The maximum Gasteiger partial charge on any atom is 0.410 e. The fraction of sp³-hybridized carbons (Fsp3) is 0.375. The van der Waals surface area contributed by atoms with Gasteiger partial charge in [-0.3, -0.25) is 9.59 Å². The maximum atomic E-state index is 11.4. The van der Waals surface area contributed by atoms with Crippen molar-refractivity contribution in [2.24, 2.45) is 11.5 Å². The summed E-state index contributed by atoms with van der Waals surface area (Å²) < 4.78 is 28.9. The average Bonchev–Trinajstić information content (AvgIpc) is 2.59. The number of carboxylic acids is 1. The summed E-state index contributed by atoms with van der Waals surface area (Å²) in [7, 11) is -4.02. The van der Waals surface area contributed by atoms with E-state index in [-0.39, 0.29) is 11.3 Å². The minimum Gasteiger partial charge on any atom is -0.480 e. The van der Waals surface area contributed by atoms with Gasteiger partial charge in [-0.1, -0.05) is 36.8 Å². The van der Waals surface area contributed by atoms with Crippen LogP contribution in [0.1, 0.15) is 31.7 Å². The van der Waals surface area contributed by atoms with Crippen molar-refractivity contribution in [3.8, 4) is 0 Å². The van der Waals surface area contributed by atoms with E-state index in [2.05, 4.69) is 0 Å². The van der Waals surface area contributed by atoms with Gasteiger partial charge in [-0.25, -0.2) is 4.72 Å². The summed E-state index contributed by atoms with van der Waals surface area (Å²) in [5.41, 5.74) is 11.2. The molecule has 1 amide bonds. The quantitative estimate of drug-likeness (QED) is 0.509. The minimum atomic E-state index is -4.02. The lowest BCUT2D eigenvalue weighted by atomic mass is 10.1. The molecule has 6 N–H and O–H groups in total. The number of hydrogen-bond acceptors (Lipinski definition) is 7. The zero-order valence-corrected chi connectivity index (χ0v) is 15.2. The molecular weight excluding hydrogens is 362 g/mol. The summed E-state index contributed by atoms with van der Waals surface area (Å²) in [6.45, 7) is 2.11. The van der Waals surface area contributed by atoms with Crippen molar-refractivity contribution in [1.29, 1.82) is 0 Å². The standard InChI is InChI=1S/C10H9NO4S.C6H14N2O2/c1-7-9(8-5-3-2-4-6-8)15-16(13,14)11-10(7)12;7-4-2-1-3-5(8)6(9)10/h2-6H,1H3,(H,11,12);5H,1-4,7-8H2,(H,9,10). The van der Waals surface area contributed by atoms with Crippen LogP contribution in [-0.4, -0.2) is 38.0 Å². The fourth-order valence-electron chi connectivity index (χ4n) is 1.97. The van der Waals surface area contributed by atoms with Gasteiger partial charge in [0.05, 0.1) is 5.57 Å². The van der Waals surface area contributed by atoms with Gasteiger partial charge in [-0.15, -0.1) is 0 Å². The van der Waals surface area contributed by atoms with Crippen LogP contribution < -0.4 is 16.2 Å². The molecular formula is C16H23N3O6S. The number of rotatable bonds is 6. The van der Waals surface area contributed by atoms with E-state index in [9.17, 15) is 18.0 Å². The van der Waals surface area contributed by atoms with Gasteiger partial charge in [0.2, 0.25) is 0 Å². The molecule has 10 heteroatoms. The second kappa shape index (κ2) is 9.90. The normalized spacial score (nSPS) is 16.7. The summed E-state index contributed by atoms with van der Waals surface area (Å²) in [6, 6.07) is 7.89. The molecule has 0 fully saturated rings. The summed E-state index contributed by atoms with van der Waals surface area (Å²) in [5, 5.41) is 8.33. The highest BCUT2D eigenvalue weighted by atomic mass is 32.2. The number of carbonyl (C=O) groups excluding carboxylic acids is 1. The van der Waals surface area contributed by atoms with Crippen molar-refractivity contribution in [1.82, 2.24) is 4.72 Å². The van der Waals surface area contributed by atoms with Crippen molar-refractivity contribution in [2.75, 3.05) is 6.54 Å². The molecule has 0 saturated heterocycles. The van der Waals surface area contributed by atoms with Crippen molar-refractivity contribution >= 4 is 27.9 Å². The van der Waals surface area contributed by atoms with E-state index in [1.165, 1.54) is 6.92 Å². The Kier molecular flexibility index (Phi) is 8.23. The second-order valence-electron chi connectivity index (χ2n) is 5.52. The highest BCUT2D eigenvalue weighted by Gasteiger charge is 2.29. The van der Waals surface area contributed by atoms with E-state index in [1.54, 1.807) is 35.1 Å². The van der Waals surface area contributed by atoms with E-state index in [0.717, 1.165) is 12.8 Å². The van der Waals surface area contributed by atoms with Crippen LogP contribution in [0.2, 0.25) is 0 Å². The molecule has 0 aliphatic carbocycles. The molecule has 1 unspecified atom stereocenters. The van der Waals surface area contributed by atoms with Crippen LogP contribution in [0.5, 0.6) is 0 Å². The molecule has 1 aromatic rings. The van der Waals surface area contributed by atoms with Crippen LogP contribution in [0, 0.1) is 0 Å². The number of unbranched alkanes of at least 4 members (excludes halogenated alkanes) is 1. The van der Waals surface area contributed by atoms with Gasteiger partial charge >= 0.3 is 16.3 Å². The molecule has 0 aromatic heterocycles. The third-order valence-electron chi connectivity index (χ3n) is 3.41. The molecule has 1 atom stereocenters. The lowest BCUT2D eigenvalue weighted by Gasteiger charge is -2.18. The third-order valence-corrected chi connectivity index (χ3v) is 4.24. The lowest BCUT2D eigenvalue weighted by Crippen LogP contribution is -2.36. The average molecular weight is 385 g/mol. The lowest BCUT2D eigenvalue weighted by molar-refractivity contribution is -0.138. The van der Waals surface area contributed by atoms with Gasteiger partial charge in [0.1, 0.15) is 6.04 Å². The molecule has 0 saturated carbocycles. The van der Waals surface area contributed by atoms with E-state index >= 15 is 0 Å². The van der Waals surface area contributed by atoms with E-state index in [0.29, 0.717) is 18.5 Å². The molecule has 2 rings (SSSR count). The summed E-state index contributed by atoms with van der Waals surface area (Å²) >= 11 is 0. The number of carboxylic acid groups (broad SMARTS) is 1. The van der Waals surface area contributed by atoms with Crippen LogP contribution in [0.25, 0.3) is 5.76 Å². The van der Waals surface area contributed by atoms with Crippen LogP contribution in [-0.2, 0) is 24.1 Å². The smallest absolute Gasteiger partial charge is 0.410 e. The first-order chi connectivity index (χ1) is 12.2. The van der Waals surface area contributed by atoms with Crippen LogP contribution in [0.4, 0.5) is 0 Å². The van der Waals surface area contributed by atoms with Crippen LogP contribution >= 0.6 is 0 Å². The predicted octanol–water partition coefficient (Wildman–Crippen LogP) is 0.336. The van der Waals surface area contributed by atoms with Crippen molar-refractivity contribution in [2.45, 2.75) is 32.2 Å². The molecule has 0 radical (unpaired) electrons. The predicted molar refractivity (Wildman–Crippen MR) is 95.7 cm³/mol. The monoisotopic (exact) mass is 385 g/mol. The number of carbonyl (C=O) groups is 2. The first-order valence-corrected chi connectivity index (χ1v) is 9.30. The molecule has 1 aromatic carbocycles. The van der Waals surface area contributed by atoms with Gasteiger partial charge in [0.25, 0.3) is 5.91 Å². The summed E-state index contributed by atoms with van der Waals surface area (Å²) in [4.78, 5) is 21.5. The number of aliphatic carboxylic acids is 1. The SMILES string of the molecule is CC1=C(c2ccccc2)OS(=O)(=O)NC1=O.NCCCCC(N)C(=O)O. The van der Waals surface area contributed by atoms with Gasteiger partial charge in [0, 0.05) is 5.56 Å². The first-order valence-electron chi connectivity index (χ1n) is 7.89. The molecule has 1 heterocycles. The minimum absolute atomic E-state index is 0.0735. The Morgan fingerprint density at radius 1 is 1.27 bits per heavy atom. The molecule has 9 nitrogen and oxygen atoms in total. The van der Waals surface area contributed by atoms with Crippen LogP contribution in [0.3, 0.4) is 0 Å². The maximum absolute atomic E-state index is 11.4. The Bertz CT molecular complexity index is 761. The Hall–Kier alpha value is -2.43. The fourth-order valence-corrected chi connectivity index (χ4v) is 2.83. The summed E-state index contributed by atoms with van der Waals surface area (Å²) in [5.74, 6) is -1.52. The van der Waals surface area contributed by atoms with Crippen molar-refractivity contribution in [3.63, 3.8) is 0 Å². The van der Waals surface area contributed by atoms with E-state index < -0.39 is 28.2 Å². The molecule has 26 heavy (non-hydrogen) atoms. The zero-order chi connectivity index (χ0) is 19.7. The first kappa shape index (κ1) is 21.6. The third kappa shape index (κ3) is 6.82. The van der Waals surface area contributed by atoms with Crippen molar-refractivity contribution < 1.29 is 27.3 Å². The van der Waals surface area contributed by atoms with Crippen molar-refractivity contribution in [3.05, 3.63) is 41.5 Å². The molecule has 1 aliphatic heterocycles. The molecule has 144 valence electrons. The number of nitrogens with one attached hydrogen (secondary N) is 1. The highest BCUT2D eigenvalue weighted by molar-refractivity contribution is 7.85. The van der Waals surface area contributed by atoms with Gasteiger partial charge < -0.3 is 20.8 Å². The van der Waals surface area contributed by atoms with Gasteiger partial charge in [0.15, 0.2) is 5.76 Å². The number of amides is 1. The van der Waals surface area contributed by atoms with Crippen LogP contribution in [0.15, 0.2) is 35.9 Å². The Morgan fingerprint density at radius 3 is 2.42 bits per heavy atom.